The predicted octanol–water partition coefficient (Wildman–Crippen LogP) is 3.83. The quantitative estimate of drug-likeness (QED) is 0.342. The molecule has 2 atom stereocenters. The van der Waals surface area contributed by atoms with Crippen molar-refractivity contribution in [3.63, 3.8) is 0 Å². The Bertz CT molecular complexity index is 1330. The van der Waals surface area contributed by atoms with E-state index in [0.29, 0.717) is 23.5 Å². The summed E-state index contributed by atoms with van der Waals surface area (Å²) in [5, 5.41) is 17.4. The molecular formula is C28H27FN4O5. The zero-order valence-corrected chi connectivity index (χ0v) is 20.4. The molecule has 4 amide bonds. The van der Waals surface area contributed by atoms with Gasteiger partial charge in [-0.15, -0.1) is 0 Å². The maximum Gasteiger partial charge on any atom is 0.319 e. The summed E-state index contributed by atoms with van der Waals surface area (Å²) < 4.78 is 13.7. The van der Waals surface area contributed by atoms with Crippen LogP contribution in [0.4, 0.5) is 20.6 Å². The van der Waals surface area contributed by atoms with E-state index < -0.39 is 42.1 Å². The number of carboxylic acid groups (broad SMARTS) is 1. The predicted molar refractivity (Wildman–Crippen MR) is 139 cm³/mol. The van der Waals surface area contributed by atoms with Crippen LogP contribution in [0, 0.1) is 11.7 Å². The van der Waals surface area contributed by atoms with Gasteiger partial charge in [0.25, 0.3) is 0 Å². The zero-order chi connectivity index (χ0) is 27.1. The van der Waals surface area contributed by atoms with E-state index in [0.717, 1.165) is 5.56 Å². The number of hydrogen-bond acceptors (Lipinski definition) is 4. The number of amides is 4. The number of hydrogen-bond donors (Lipinski definition) is 4. The summed E-state index contributed by atoms with van der Waals surface area (Å²) in [5.41, 5.74) is 2.26. The Morgan fingerprint density at radius 1 is 1.00 bits per heavy atom. The lowest BCUT2D eigenvalue weighted by atomic mass is 10.0. The second-order valence-corrected chi connectivity index (χ2v) is 8.96. The average molecular weight is 519 g/mol. The molecule has 1 saturated heterocycles. The lowest BCUT2D eigenvalue weighted by Crippen LogP contribution is -2.36. The monoisotopic (exact) mass is 518 g/mol. The summed E-state index contributed by atoms with van der Waals surface area (Å²) in [4.78, 5) is 50.9. The van der Waals surface area contributed by atoms with Crippen LogP contribution < -0.4 is 20.9 Å². The van der Waals surface area contributed by atoms with E-state index in [1.165, 1.54) is 29.2 Å². The number of aliphatic carboxylic acids is 1. The van der Waals surface area contributed by atoms with Crippen LogP contribution in [-0.2, 0) is 20.9 Å². The van der Waals surface area contributed by atoms with Crippen LogP contribution in [0.2, 0.25) is 0 Å². The number of nitrogens with one attached hydrogen (secondary N) is 3. The summed E-state index contributed by atoms with van der Waals surface area (Å²) in [6, 6.07) is 20.2. The highest BCUT2D eigenvalue weighted by Crippen LogP contribution is 2.28. The van der Waals surface area contributed by atoms with E-state index >= 15 is 0 Å². The molecule has 1 fully saturated rings. The number of rotatable bonds is 9. The number of carbonyl (C=O) groups excluding carboxylic acids is 3. The largest absolute Gasteiger partial charge is 0.481 e. The first-order valence-electron chi connectivity index (χ1n) is 12.1. The molecule has 1 aliphatic rings. The van der Waals surface area contributed by atoms with Gasteiger partial charge in [-0.25, -0.2) is 9.18 Å². The molecule has 0 radical (unpaired) electrons. The Kier molecular flexibility index (Phi) is 8.32. The summed E-state index contributed by atoms with van der Waals surface area (Å²) in [6.07, 6.45) is -0.496. The Balaban J connectivity index is 1.38. The third-order valence-corrected chi connectivity index (χ3v) is 6.15. The van der Waals surface area contributed by atoms with Crippen molar-refractivity contribution in [1.29, 1.82) is 0 Å². The third-order valence-electron chi connectivity index (χ3n) is 6.15. The molecule has 0 saturated carbocycles. The molecule has 4 rings (SSSR count). The van der Waals surface area contributed by atoms with Crippen molar-refractivity contribution in [3.8, 4) is 0 Å². The molecule has 0 aliphatic carbocycles. The van der Waals surface area contributed by atoms with E-state index in [1.54, 1.807) is 24.3 Å². The van der Waals surface area contributed by atoms with Crippen molar-refractivity contribution in [2.75, 3.05) is 16.8 Å². The van der Waals surface area contributed by atoms with E-state index in [1.807, 2.05) is 30.3 Å². The Labute approximate surface area is 218 Å². The van der Waals surface area contributed by atoms with Gasteiger partial charge in [-0.05, 0) is 41.5 Å². The molecule has 0 aromatic heterocycles. The minimum absolute atomic E-state index is 0.0655. The van der Waals surface area contributed by atoms with E-state index in [-0.39, 0.29) is 18.9 Å². The molecule has 10 heteroatoms. The lowest BCUT2D eigenvalue weighted by Gasteiger charge is -2.21. The molecule has 4 N–H and O–H groups in total. The molecule has 0 bridgehead atoms. The molecule has 0 spiro atoms. The van der Waals surface area contributed by atoms with Gasteiger partial charge in [0.1, 0.15) is 5.82 Å². The second kappa shape index (κ2) is 12.0. The lowest BCUT2D eigenvalue weighted by molar-refractivity contribution is -0.138. The first-order chi connectivity index (χ1) is 18.3. The fourth-order valence-electron chi connectivity index (χ4n) is 4.28. The van der Waals surface area contributed by atoms with Crippen molar-refractivity contribution in [1.82, 2.24) is 10.6 Å². The topological polar surface area (TPSA) is 128 Å². The Morgan fingerprint density at radius 3 is 2.50 bits per heavy atom. The van der Waals surface area contributed by atoms with E-state index in [2.05, 4.69) is 16.0 Å². The van der Waals surface area contributed by atoms with Crippen LogP contribution in [0.5, 0.6) is 0 Å². The van der Waals surface area contributed by atoms with Gasteiger partial charge < -0.3 is 26.0 Å². The molecule has 1 heterocycles. The molecule has 38 heavy (non-hydrogen) atoms. The van der Waals surface area contributed by atoms with E-state index in [9.17, 15) is 28.7 Å². The summed E-state index contributed by atoms with van der Waals surface area (Å²) in [6.45, 7) is 0.434. The Hall–Kier alpha value is -4.73. The maximum absolute atomic E-state index is 13.7. The van der Waals surface area contributed by atoms with Crippen LogP contribution in [0.15, 0.2) is 78.9 Å². The first-order valence-corrected chi connectivity index (χ1v) is 12.1. The number of benzene rings is 3. The number of nitrogens with zero attached hydrogens (tertiary/aromatic N) is 1. The normalized spacial score (nSPS) is 15.6. The highest BCUT2D eigenvalue weighted by atomic mass is 19.1. The fraction of sp³-hybridized carbons (Fsp3) is 0.214. The van der Waals surface area contributed by atoms with Crippen LogP contribution >= 0.6 is 0 Å². The zero-order valence-electron chi connectivity index (χ0n) is 20.4. The molecule has 1 aliphatic heterocycles. The number of carbonyl (C=O) groups is 4. The van der Waals surface area contributed by atoms with Crippen molar-refractivity contribution < 1.29 is 28.7 Å². The van der Waals surface area contributed by atoms with Crippen molar-refractivity contribution >= 4 is 35.2 Å². The highest BCUT2D eigenvalue weighted by molar-refractivity contribution is 6.01. The van der Waals surface area contributed by atoms with Gasteiger partial charge in [0, 0.05) is 30.9 Å². The molecule has 196 valence electrons. The fourth-order valence-corrected chi connectivity index (χ4v) is 4.28. The van der Waals surface area contributed by atoms with Gasteiger partial charge in [0.15, 0.2) is 0 Å². The second-order valence-electron chi connectivity index (χ2n) is 8.96. The van der Waals surface area contributed by atoms with Gasteiger partial charge in [-0.1, -0.05) is 48.5 Å². The Morgan fingerprint density at radius 2 is 1.76 bits per heavy atom. The molecule has 3 aromatic rings. The number of carboxylic acids is 1. The van der Waals surface area contributed by atoms with Gasteiger partial charge >= 0.3 is 12.0 Å². The average Bonchev–Trinajstić information content (AvgIpc) is 3.29. The molecule has 0 unspecified atom stereocenters. The van der Waals surface area contributed by atoms with Gasteiger partial charge in [0.05, 0.1) is 18.4 Å². The smallest absolute Gasteiger partial charge is 0.319 e. The minimum Gasteiger partial charge on any atom is -0.481 e. The van der Waals surface area contributed by atoms with Crippen molar-refractivity contribution in [3.05, 3.63) is 95.8 Å². The maximum atomic E-state index is 13.7. The molecule has 9 nitrogen and oxygen atoms in total. The standard InChI is InChI=1S/C28H27FN4O5/c29-21-9-4-8-19(12-21)24(15-26(35)36)32-27(37)20-13-25(34)33(17-20)23-11-5-10-22(14-23)31-28(38)30-16-18-6-2-1-3-7-18/h1-12,14,20,24H,13,15-17H2,(H,32,37)(H,35,36)(H2,30,31,38)/t20-,24+/m0/s1. The summed E-state index contributed by atoms with van der Waals surface area (Å²) in [5.74, 6) is -3.20. The van der Waals surface area contributed by atoms with Crippen LogP contribution in [0.3, 0.4) is 0 Å². The van der Waals surface area contributed by atoms with Gasteiger partial charge in [0.2, 0.25) is 11.8 Å². The summed E-state index contributed by atoms with van der Waals surface area (Å²) in [7, 11) is 0. The molecular weight excluding hydrogens is 491 g/mol. The van der Waals surface area contributed by atoms with Gasteiger partial charge in [-0.3, -0.25) is 14.4 Å². The van der Waals surface area contributed by atoms with Crippen LogP contribution in [0.25, 0.3) is 0 Å². The highest BCUT2D eigenvalue weighted by Gasteiger charge is 2.36. The van der Waals surface area contributed by atoms with Crippen molar-refractivity contribution in [2.24, 2.45) is 5.92 Å². The summed E-state index contributed by atoms with van der Waals surface area (Å²) >= 11 is 0. The van der Waals surface area contributed by atoms with Crippen molar-refractivity contribution in [2.45, 2.75) is 25.4 Å². The van der Waals surface area contributed by atoms with Crippen LogP contribution in [0.1, 0.15) is 30.0 Å². The third kappa shape index (κ3) is 6.94. The number of halogens is 1. The van der Waals surface area contributed by atoms with Gasteiger partial charge in [-0.2, -0.15) is 0 Å². The van der Waals surface area contributed by atoms with Crippen LogP contribution in [-0.4, -0.2) is 35.5 Å². The number of anilines is 2. The number of urea groups is 1. The minimum atomic E-state index is -1.15. The SMILES string of the molecule is O=C(O)C[C@@H](NC(=O)[C@H]1CC(=O)N(c2cccc(NC(=O)NCc3ccccc3)c2)C1)c1cccc(F)c1. The first kappa shape index (κ1) is 26.3. The van der Waals surface area contributed by atoms with E-state index in [4.69, 9.17) is 0 Å². The molecule has 3 aromatic carbocycles.